The number of nitrogens with one attached hydrogen (secondary N) is 3. The molecule has 8 nitrogen and oxygen atoms in total. The number of carbonyl (C=O) groups is 2. The zero-order valence-corrected chi connectivity index (χ0v) is 17.1. The largest absolute Gasteiger partial charge is 0.421 e. The fraction of sp³-hybridized carbons (Fsp3) is 0.300. The molecule has 29 heavy (non-hydrogen) atoms. The first kappa shape index (κ1) is 20.5. The standard InChI is InChI=1S/C20H23N5O3S/c1-13(2)22-20(27)23-16-5-3-14(4-6-16)11-21-17(26)7-8-18-24-25-19(28-18)15-9-10-29-12-15/h3-6,9-10,12-13H,7-8,11H2,1-2H3,(H,21,26)(H2,22,23,27). The number of aryl methyl sites for hydroxylation is 1. The number of hydrogen-bond donors (Lipinski definition) is 3. The Kier molecular flexibility index (Phi) is 6.96. The van der Waals surface area contributed by atoms with Gasteiger partial charge in [-0.2, -0.15) is 11.3 Å². The Bertz CT molecular complexity index is 935. The Hall–Kier alpha value is -3.20. The smallest absolute Gasteiger partial charge is 0.319 e. The van der Waals surface area contributed by atoms with Crippen molar-refractivity contribution in [2.45, 2.75) is 39.3 Å². The summed E-state index contributed by atoms with van der Waals surface area (Å²) in [5.41, 5.74) is 2.51. The second-order valence-electron chi connectivity index (χ2n) is 6.74. The van der Waals surface area contributed by atoms with Crippen molar-refractivity contribution in [1.82, 2.24) is 20.8 Å². The summed E-state index contributed by atoms with van der Waals surface area (Å²) >= 11 is 1.56. The van der Waals surface area contributed by atoms with Crippen LogP contribution in [0.25, 0.3) is 11.5 Å². The Labute approximate surface area is 172 Å². The van der Waals surface area contributed by atoms with Gasteiger partial charge in [0, 0.05) is 42.1 Å². The molecule has 2 aromatic heterocycles. The molecule has 3 rings (SSSR count). The van der Waals surface area contributed by atoms with Gasteiger partial charge in [-0.1, -0.05) is 12.1 Å². The topological polar surface area (TPSA) is 109 Å². The maximum atomic E-state index is 12.1. The molecule has 3 aromatic rings. The van der Waals surface area contributed by atoms with E-state index in [0.717, 1.165) is 11.1 Å². The maximum Gasteiger partial charge on any atom is 0.319 e. The Balaban J connectivity index is 1.41. The van der Waals surface area contributed by atoms with Gasteiger partial charge in [-0.3, -0.25) is 4.79 Å². The maximum absolute atomic E-state index is 12.1. The molecule has 0 saturated heterocycles. The zero-order chi connectivity index (χ0) is 20.6. The van der Waals surface area contributed by atoms with Crippen LogP contribution in [0.3, 0.4) is 0 Å². The number of benzene rings is 1. The van der Waals surface area contributed by atoms with E-state index in [9.17, 15) is 9.59 Å². The second kappa shape index (κ2) is 9.83. The summed E-state index contributed by atoms with van der Waals surface area (Å²) in [6.45, 7) is 4.19. The van der Waals surface area contributed by atoms with Gasteiger partial charge in [-0.05, 0) is 43.0 Å². The van der Waals surface area contributed by atoms with Crippen molar-refractivity contribution in [3.63, 3.8) is 0 Å². The summed E-state index contributed by atoms with van der Waals surface area (Å²) in [7, 11) is 0. The minimum Gasteiger partial charge on any atom is -0.421 e. The molecule has 0 unspecified atom stereocenters. The number of carbonyl (C=O) groups excluding carboxylic acids is 2. The van der Waals surface area contributed by atoms with Crippen molar-refractivity contribution in [2.75, 3.05) is 5.32 Å². The summed E-state index contributed by atoms with van der Waals surface area (Å²) < 4.78 is 5.57. The van der Waals surface area contributed by atoms with Crippen LogP contribution >= 0.6 is 11.3 Å². The van der Waals surface area contributed by atoms with E-state index in [-0.39, 0.29) is 24.4 Å². The first-order valence-corrected chi connectivity index (χ1v) is 10.2. The van der Waals surface area contributed by atoms with Gasteiger partial charge in [0.15, 0.2) is 0 Å². The molecule has 0 fully saturated rings. The first-order valence-electron chi connectivity index (χ1n) is 9.27. The fourth-order valence-electron chi connectivity index (χ4n) is 2.50. The monoisotopic (exact) mass is 413 g/mol. The van der Waals surface area contributed by atoms with Crippen LogP contribution in [0.2, 0.25) is 0 Å². The van der Waals surface area contributed by atoms with E-state index in [1.807, 2.05) is 42.8 Å². The highest BCUT2D eigenvalue weighted by Gasteiger charge is 2.11. The Morgan fingerprint density at radius 3 is 2.62 bits per heavy atom. The van der Waals surface area contributed by atoms with Crippen LogP contribution in [0.1, 0.15) is 31.7 Å². The molecule has 0 bridgehead atoms. The first-order chi connectivity index (χ1) is 14.0. The highest BCUT2D eigenvalue weighted by molar-refractivity contribution is 7.08. The van der Waals surface area contributed by atoms with Crippen LogP contribution in [0, 0.1) is 0 Å². The van der Waals surface area contributed by atoms with E-state index in [1.54, 1.807) is 23.5 Å². The minimum atomic E-state index is -0.246. The number of aromatic nitrogens is 2. The number of nitrogens with zero attached hydrogens (tertiary/aromatic N) is 2. The molecule has 0 aliphatic carbocycles. The Morgan fingerprint density at radius 1 is 1.14 bits per heavy atom. The lowest BCUT2D eigenvalue weighted by Gasteiger charge is -2.10. The van der Waals surface area contributed by atoms with Crippen molar-refractivity contribution in [3.8, 4) is 11.5 Å². The third kappa shape index (κ3) is 6.42. The molecule has 152 valence electrons. The van der Waals surface area contributed by atoms with Crippen molar-refractivity contribution < 1.29 is 14.0 Å². The van der Waals surface area contributed by atoms with Gasteiger partial charge >= 0.3 is 6.03 Å². The van der Waals surface area contributed by atoms with Crippen molar-refractivity contribution in [1.29, 1.82) is 0 Å². The molecule has 0 radical (unpaired) electrons. The normalized spacial score (nSPS) is 10.7. The van der Waals surface area contributed by atoms with Gasteiger partial charge in [0.2, 0.25) is 17.7 Å². The summed E-state index contributed by atoms with van der Waals surface area (Å²) in [4.78, 5) is 23.8. The molecule has 0 spiro atoms. The molecule has 0 aliphatic heterocycles. The third-order valence-corrected chi connectivity index (χ3v) is 4.61. The molecular formula is C20H23N5O3S. The summed E-state index contributed by atoms with van der Waals surface area (Å²) in [6, 6.07) is 9.04. The predicted molar refractivity (Wildman–Crippen MR) is 112 cm³/mol. The van der Waals surface area contributed by atoms with Crippen LogP contribution in [0.5, 0.6) is 0 Å². The van der Waals surface area contributed by atoms with Crippen molar-refractivity contribution in [3.05, 3.63) is 52.5 Å². The molecule has 3 amide bonds. The Morgan fingerprint density at radius 2 is 1.93 bits per heavy atom. The van der Waals surface area contributed by atoms with E-state index in [4.69, 9.17) is 4.42 Å². The van der Waals surface area contributed by atoms with Crippen LogP contribution in [0.15, 0.2) is 45.5 Å². The molecule has 3 N–H and O–H groups in total. The number of rotatable bonds is 8. The van der Waals surface area contributed by atoms with Crippen molar-refractivity contribution >= 4 is 29.0 Å². The van der Waals surface area contributed by atoms with Crippen LogP contribution < -0.4 is 16.0 Å². The summed E-state index contributed by atoms with van der Waals surface area (Å²) in [5, 5.41) is 20.2. The number of anilines is 1. The average Bonchev–Trinajstić information content (AvgIpc) is 3.36. The lowest BCUT2D eigenvalue weighted by atomic mass is 10.2. The van der Waals surface area contributed by atoms with E-state index >= 15 is 0 Å². The van der Waals surface area contributed by atoms with E-state index in [1.165, 1.54) is 0 Å². The summed E-state index contributed by atoms with van der Waals surface area (Å²) in [5.74, 6) is 0.813. The minimum absolute atomic E-state index is 0.0684. The van der Waals surface area contributed by atoms with E-state index < -0.39 is 0 Å². The molecule has 0 aliphatic rings. The van der Waals surface area contributed by atoms with Gasteiger partial charge in [-0.25, -0.2) is 4.79 Å². The van der Waals surface area contributed by atoms with Gasteiger partial charge in [-0.15, -0.1) is 10.2 Å². The van der Waals surface area contributed by atoms with E-state index in [0.29, 0.717) is 30.4 Å². The van der Waals surface area contributed by atoms with Crippen LogP contribution in [-0.2, 0) is 17.8 Å². The lowest BCUT2D eigenvalue weighted by molar-refractivity contribution is -0.121. The predicted octanol–water partition coefficient (Wildman–Crippen LogP) is 3.58. The molecule has 1 aromatic carbocycles. The number of hydrogen-bond acceptors (Lipinski definition) is 6. The SMILES string of the molecule is CC(C)NC(=O)Nc1ccc(CNC(=O)CCc2nnc(-c3ccsc3)o2)cc1. The molecular weight excluding hydrogens is 390 g/mol. The van der Waals surface area contributed by atoms with Gasteiger partial charge in [0.1, 0.15) is 0 Å². The lowest BCUT2D eigenvalue weighted by Crippen LogP contribution is -2.34. The van der Waals surface area contributed by atoms with Crippen LogP contribution in [0.4, 0.5) is 10.5 Å². The van der Waals surface area contributed by atoms with Gasteiger partial charge in [0.25, 0.3) is 0 Å². The van der Waals surface area contributed by atoms with E-state index in [2.05, 4.69) is 26.1 Å². The zero-order valence-electron chi connectivity index (χ0n) is 16.3. The fourth-order valence-corrected chi connectivity index (χ4v) is 3.13. The second-order valence-corrected chi connectivity index (χ2v) is 7.52. The highest BCUT2D eigenvalue weighted by Crippen LogP contribution is 2.20. The quantitative estimate of drug-likeness (QED) is 0.523. The summed E-state index contributed by atoms with van der Waals surface area (Å²) in [6.07, 6.45) is 0.650. The van der Waals surface area contributed by atoms with Crippen molar-refractivity contribution in [2.24, 2.45) is 0 Å². The number of thiophene rings is 1. The molecule has 9 heteroatoms. The van der Waals surface area contributed by atoms with Gasteiger partial charge in [0.05, 0.1) is 0 Å². The number of amides is 3. The van der Waals surface area contributed by atoms with Gasteiger partial charge < -0.3 is 20.4 Å². The van der Waals surface area contributed by atoms with Crippen LogP contribution in [-0.4, -0.2) is 28.2 Å². The molecule has 0 atom stereocenters. The third-order valence-electron chi connectivity index (χ3n) is 3.92. The average molecular weight is 414 g/mol. The molecule has 0 saturated carbocycles. The number of urea groups is 1. The highest BCUT2D eigenvalue weighted by atomic mass is 32.1. The molecule has 2 heterocycles.